The largest absolute Gasteiger partial charge is 0.477 e. The van der Waals surface area contributed by atoms with Crippen LogP contribution < -0.4 is 0 Å². The summed E-state index contributed by atoms with van der Waals surface area (Å²) in [5.41, 5.74) is 1.52. The van der Waals surface area contributed by atoms with Crippen molar-refractivity contribution in [1.82, 2.24) is 14.8 Å². The molecule has 3 N–H and O–H groups in total. The number of allylic oxidation sites excluding steroid dienone is 1. The molecule has 1 unspecified atom stereocenters. The number of carboxylic acid groups (broad SMARTS) is 1. The van der Waals surface area contributed by atoms with E-state index >= 15 is 0 Å². The molecular formula is C16H17N5O3. The van der Waals surface area contributed by atoms with Gasteiger partial charge in [-0.05, 0) is 26.0 Å². The lowest BCUT2D eigenvalue weighted by Gasteiger charge is -2.11. The normalized spacial score (nSPS) is 13.0. The van der Waals surface area contributed by atoms with Crippen molar-refractivity contribution in [2.24, 2.45) is 0 Å². The van der Waals surface area contributed by atoms with E-state index in [4.69, 9.17) is 15.3 Å². The van der Waals surface area contributed by atoms with Crippen molar-refractivity contribution in [3.8, 4) is 6.07 Å². The molecule has 2 aromatic rings. The summed E-state index contributed by atoms with van der Waals surface area (Å²) in [6.45, 7) is 4.24. The molecule has 0 radical (unpaired) electrons. The highest BCUT2D eigenvalue weighted by atomic mass is 16.5. The Labute approximate surface area is 138 Å². The lowest BCUT2D eigenvalue weighted by molar-refractivity contribution is 0.0159. The highest BCUT2D eigenvalue weighted by Crippen LogP contribution is 2.26. The molecule has 0 amide bonds. The molecular weight excluding hydrogens is 310 g/mol. The molecule has 2 rings (SSSR count). The number of carbonyl (C=O) groups is 1. The van der Waals surface area contributed by atoms with Crippen LogP contribution in [-0.2, 0) is 4.74 Å². The number of H-pyrrole nitrogens is 1. The molecule has 0 saturated heterocycles. The number of ether oxygens (including phenoxy) is 1. The molecule has 24 heavy (non-hydrogen) atoms. The van der Waals surface area contributed by atoms with Crippen LogP contribution in [0.3, 0.4) is 0 Å². The summed E-state index contributed by atoms with van der Waals surface area (Å²) in [7, 11) is 0. The lowest BCUT2D eigenvalue weighted by Crippen LogP contribution is -2.09. The third-order valence-electron chi connectivity index (χ3n) is 3.39. The van der Waals surface area contributed by atoms with Crippen LogP contribution in [0.4, 0.5) is 0 Å². The van der Waals surface area contributed by atoms with E-state index in [2.05, 4.69) is 10.1 Å². The van der Waals surface area contributed by atoms with Gasteiger partial charge in [0.1, 0.15) is 18.0 Å². The number of nitriles is 1. The maximum atomic E-state index is 11.1. The Bertz CT molecular complexity index is 825. The SMILES string of the molecule is CCOC(C)n1cc(/C(=C(\C#N)C=N)c2ccc(C(=O)O)[nH]2)cn1. The van der Waals surface area contributed by atoms with Gasteiger partial charge in [-0.3, -0.25) is 0 Å². The van der Waals surface area contributed by atoms with E-state index in [-0.39, 0.29) is 17.5 Å². The number of aromatic carboxylic acids is 1. The highest BCUT2D eigenvalue weighted by Gasteiger charge is 2.17. The first kappa shape index (κ1) is 17.2. The van der Waals surface area contributed by atoms with E-state index < -0.39 is 5.97 Å². The number of carboxylic acids is 1. The van der Waals surface area contributed by atoms with E-state index in [1.54, 1.807) is 23.1 Å². The van der Waals surface area contributed by atoms with Crippen LogP contribution in [0.25, 0.3) is 5.57 Å². The van der Waals surface area contributed by atoms with Crippen LogP contribution >= 0.6 is 0 Å². The number of nitrogens with one attached hydrogen (secondary N) is 2. The minimum atomic E-state index is -1.10. The van der Waals surface area contributed by atoms with Gasteiger partial charge in [-0.15, -0.1) is 0 Å². The van der Waals surface area contributed by atoms with E-state index in [0.29, 0.717) is 23.4 Å². The Morgan fingerprint density at radius 1 is 1.58 bits per heavy atom. The van der Waals surface area contributed by atoms with Gasteiger partial charge in [-0.1, -0.05) is 0 Å². The van der Waals surface area contributed by atoms with Crippen molar-refractivity contribution in [2.75, 3.05) is 6.61 Å². The van der Waals surface area contributed by atoms with Crippen LogP contribution in [0.2, 0.25) is 0 Å². The van der Waals surface area contributed by atoms with E-state index in [9.17, 15) is 10.1 Å². The fraction of sp³-hybridized carbons (Fsp3) is 0.250. The van der Waals surface area contributed by atoms with Gasteiger partial charge in [0.2, 0.25) is 0 Å². The molecule has 0 aliphatic rings. The van der Waals surface area contributed by atoms with E-state index in [1.165, 1.54) is 6.07 Å². The molecule has 2 aromatic heterocycles. The van der Waals surface area contributed by atoms with Crippen LogP contribution in [0, 0.1) is 16.7 Å². The summed E-state index contributed by atoms with van der Waals surface area (Å²) >= 11 is 0. The standard InChI is InChI=1S/C16H17N5O3/c1-3-24-10(2)21-9-12(8-19-21)15(11(6-17)7-18)13-4-5-14(20-13)16(22)23/h4-6,8-10,17,20H,3H2,1-2H3,(H,22,23)/b15-11+,17-6?. The quantitative estimate of drug-likeness (QED) is 0.531. The second-order valence-corrected chi connectivity index (χ2v) is 4.90. The number of hydrogen-bond donors (Lipinski definition) is 3. The van der Waals surface area contributed by atoms with Crippen molar-refractivity contribution < 1.29 is 14.6 Å². The monoisotopic (exact) mass is 327 g/mol. The van der Waals surface area contributed by atoms with Gasteiger partial charge in [0.25, 0.3) is 0 Å². The molecule has 0 spiro atoms. The third kappa shape index (κ3) is 3.42. The fourth-order valence-corrected chi connectivity index (χ4v) is 2.27. The van der Waals surface area contributed by atoms with Crippen molar-refractivity contribution in [3.05, 3.63) is 47.1 Å². The average molecular weight is 327 g/mol. The molecule has 0 aliphatic carbocycles. The molecule has 0 aliphatic heterocycles. The maximum Gasteiger partial charge on any atom is 0.352 e. The molecule has 0 fully saturated rings. The Balaban J connectivity index is 2.53. The third-order valence-corrected chi connectivity index (χ3v) is 3.39. The van der Waals surface area contributed by atoms with Gasteiger partial charge in [-0.2, -0.15) is 10.4 Å². The van der Waals surface area contributed by atoms with Gasteiger partial charge < -0.3 is 20.2 Å². The van der Waals surface area contributed by atoms with Gasteiger partial charge >= 0.3 is 5.97 Å². The van der Waals surface area contributed by atoms with Crippen LogP contribution in [0.15, 0.2) is 30.1 Å². The number of aromatic nitrogens is 3. The smallest absolute Gasteiger partial charge is 0.352 e. The predicted molar refractivity (Wildman–Crippen MR) is 86.7 cm³/mol. The maximum absolute atomic E-state index is 11.1. The molecule has 8 heteroatoms. The fourth-order valence-electron chi connectivity index (χ4n) is 2.27. The molecule has 124 valence electrons. The Hall–Kier alpha value is -3.18. The number of rotatable bonds is 7. The predicted octanol–water partition coefficient (Wildman–Crippen LogP) is 2.44. The minimum Gasteiger partial charge on any atom is -0.477 e. The van der Waals surface area contributed by atoms with E-state index in [0.717, 1.165) is 6.21 Å². The molecule has 1 atom stereocenters. The molecule has 8 nitrogen and oxygen atoms in total. The van der Waals surface area contributed by atoms with Gasteiger partial charge in [0, 0.05) is 35.8 Å². The second kappa shape index (κ2) is 7.39. The highest BCUT2D eigenvalue weighted by molar-refractivity contribution is 5.99. The summed E-state index contributed by atoms with van der Waals surface area (Å²) in [5, 5.41) is 30.0. The number of aromatic amines is 1. The Morgan fingerprint density at radius 3 is 2.83 bits per heavy atom. The average Bonchev–Trinajstić information content (AvgIpc) is 3.22. The van der Waals surface area contributed by atoms with E-state index in [1.807, 2.05) is 19.9 Å². The first-order valence-electron chi connectivity index (χ1n) is 7.25. The molecule has 0 saturated carbocycles. The second-order valence-electron chi connectivity index (χ2n) is 4.90. The lowest BCUT2D eigenvalue weighted by atomic mass is 10.0. The van der Waals surface area contributed by atoms with Gasteiger partial charge in [0.05, 0.1) is 11.8 Å². The molecule has 0 bridgehead atoms. The Kier molecular flexibility index (Phi) is 5.29. The van der Waals surface area contributed by atoms with Crippen molar-refractivity contribution in [1.29, 1.82) is 10.7 Å². The van der Waals surface area contributed by atoms with Crippen LogP contribution in [0.1, 0.15) is 41.8 Å². The first-order valence-corrected chi connectivity index (χ1v) is 7.25. The zero-order valence-electron chi connectivity index (χ0n) is 13.3. The molecule has 2 heterocycles. The van der Waals surface area contributed by atoms with Gasteiger partial charge in [-0.25, -0.2) is 9.48 Å². The van der Waals surface area contributed by atoms with Crippen LogP contribution in [0.5, 0.6) is 0 Å². The van der Waals surface area contributed by atoms with Gasteiger partial charge in [0.15, 0.2) is 0 Å². The van der Waals surface area contributed by atoms with Crippen molar-refractivity contribution >= 4 is 17.8 Å². The zero-order chi connectivity index (χ0) is 17.7. The minimum absolute atomic E-state index is 0.000142. The van der Waals surface area contributed by atoms with Crippen molar-refractivity contribution in [2.45, 2.75) is 20.1 Å². The Morgan fingerprint density at radius 2 is 2.29 bits per heavy atom. The first-order chi connectivity index (χ1) is 11.5. The zero-order valence-corrected chi connectivity index (χ0v) is 13.3. The topological polar surface area (TPSA) is 128 Å². The number of nitrogens with zero attached hydrogens (tertiary/aromatic N) is 3. The summed E-state index contributed by atoms with van der Waals surface area (Å²) < 4.78 is 7.06. The molecule has 0 aromatic carbocycles. The van der Waals surface area contributed by atoms with Crippen LogP contribution in [-0.4, -0.2) is 38.7 Å². The summed E-state index contributed by atoms with van der Waals surface area (Å²) in [6, 6.07) is 4.92. The summed E-state index contributed by atoms with van der Waals surface area (Å²) in [6.07, 6.45) is 3.89. The summed E-state index contributed by atoms with van der Waals surface area (Å²) in [4.78, 5) is 13.8. The summed E-state index contributed by atoms with van der Waals surface area (Å²) in [5.74, 6) is -1.10. The van der Waals surface area contributed by atoms with Crippen molar-refractivity contribution in [3.63, 3.8) is 0 Å². The number of hydrogen-bond acceptors (Lipinski definition) is 5.